The summed E-state index contributed by atoms with van der Waals surface area (Å²) >= 11 is 6.10. The summed E-state index contributed by atoms with van der Waals surface area (Å²) in [7, 11) is 0. The summed E-state index contributed by atoms with van der Waals surface area (Å²) in [6, 6.07) is 21.6. The molecule has 0 unspecified atom stereocenters. The topological polar surface area (TPSA) is 84.2 Å². The van der Waals surface area contributed by atoms with E-state index in [4.69, 9.17) is 16.0 Å². The predicted molar refractivity (Wildman–Crippen MR) is 128 cm³/mol. The van der Waals surface area contributed by atoms with Crippen LogP contribution in [0.1, 0.15) is 27.4 Å². The molecular weight excluding hydrogens is 438 g/mol. The number of nitrogens with zero attached hydrogens (tertiary/aromatic N) is 1. The number of amides is 2. The first-order valence-corrected chi connectivity index (χ1v) is 10.7. The summed E-state index contributed by atoms with van der Waals surface area (Å²) in [5, 5.41) is 6.24. The molecule has 0 saturated carbocycles. The minimum Gasteiger partial charge on any atom is -0.457 e. The second-order valence-electron chi connectivity index (χ2n) is 7.49. The van der Waals surface area contributed by atoms with Gasteiger partial charge in [-0.15, -0.1) is 0 Å². The molecule has 2 aromatic heterocycles. The SMILES string of the molecule is O=C1Nc2ccc(Cl)cc2/C1=C\c1ccc(-c2cccc(C(=O)NCc3ccccn3)c2)o1. The van der Waals surface area contributed by atoms with Gasteiger partial charge in [-0.2, -0.15) is 0 Å². The average molecular weight is 456 g/mol. The maximum absolute atomic E-state index is 12.6. The highest BCUT2D eigenvalue weighted by Crippen LogP contribution is 2.35. The van der Waals surface area contributed by atoms with E-state index >= 15 is 0 Å². The summed E-state index contributed by atoms with van der Waals surface area (Å²) in [5.41, 5.74) is 3.98. The maximum atomic E-state index is 12.6. The molecule has 7 heteroatoms. The van der Waals surface area contributed by atoms with Crippen molar-refractivity contribution in [3.05, 3.63) is 107 Å². The van der Waals surface area contributed by atoms with Crippen LogP contribution in [0, 0.1) is 0 Å². The van der Waals surface area contributed by atoms with Crippen molar-refractivity contribution in [2.24, 2.45) is 0 Å². The van der Waals surface area contributed by atoms with Gasteiger partial charge in [0, 0.05) is 33.6 Å². The van der Waals surface area contributed by atoms with Gasteiger partial charge in [0.05, 0.1) is 17.8 Å². The van der Waals surface area contributed by atoms with Crippen molar-refractivity contribution < 1.29 is 14.0 Å². The molecule has 0 fully saturated rings. The second-order valence-corrected chi connectivity index (χ2v) is 7.93. The number of carbonyl (C=O) groups excluding carboxylic acids is 2. The summed E-state index contributed by atoms with van der Waals surface area (Å²) in [6.45, 7) is 0.343. The minimum atomic E-state index is -0.211. The van der Waals surface area contributed by atoms with Crippen molar-refractivity contribution in [3.63, 3.8) is 0 Å². The van der Waals surface area contributed by atoms with Crippen LogP contribution in [0.3, 0.4) is 0 Å². The number of fused-ring (bicyclic) bond motifs is 1. The van der Waals surface area contributed by atoms with Gasteiger partial charge in [0.25, 0.3) is 11.8 Å². The number of rotatable bonds is 5. The molecule has 1 aliphatic heterocycles. The van der Waals surface area contributed by atoms with Gasteiger partial charge in [-0.05, 0) is 60.7 Å². The number of halogens is 1. The van der Waals surface area contributed by atoms with E-state index in [1.165, 1.54) is 0 Å². The quantitative estimate of drug-likeness (QED) is 0.394. The molecule has 6 nitrogen and oxygen atoms in total. The van der Waals surface area contributed by atoms with Crippen molar-refractivity contribution in [2.45, 2.75) is 6.54 Å². The van der Waals surface area contributed by atoms with Crippen LogP contribution >= 0.6 is 11.6 Å². The maximum Gasteiger partial charge on any atom is 0.256 e. The number of benzene rings is 2. The summed E-state index contributed by atoms with van der Waals surface area (Å²) in [4.78, 5) is 29.2. The van der Waals surface area contributed by atoms with Gasteiger partial charge in [0.1, 0.15) is 11.5 Å². The number of hydrogen-bond acceptors (Lipinski definition) is 4. The molecule has 0 spiro atoms. The van der Waals surface area contributed by atoms with Gasteiger partial charge in [0.15, 0.2) is 0 Å². The standard InChI is InChI=1S/C26H18ClN3O3/c27-18-7-9-23-21(13-18)22(26(32)30-23)14-20-8-10-24(33-20)16-4-3-5-17(12-16)25(31)29-15-19-6-1-2-11-28-19/h1-14H,15H2,(H,29,31)(H,30,32)/b22-14+. The lowest BCUT2D eigenvalue weighted by Crippen LogP contribution is -2.23. The van der Waals surface area contributed by atoms with E-state index in [2.05, 4.69) is 15.6 Å². The number of nitrogens with one attached hydrogen (secondary N) is 2. The molecule has 2 N–H and O–H groups in total. The number of furan rings is 1. The van der Waals surface area contributed by atoms with Gasteiger partial charge < -0.3 is 15.1 Å². The molecule has 3 heterocycles. The Labute approximate surface area is 194 Å². The highest BCUT2D eigenvalue weighted by Gasteiger charge is 2.24. The van der Waals surface area contributed by atoms with E-state index in [0.29, 0.717) is 39.9 Å². The van der Waals surface area contributed by atoms with Crippen molar-refractivity contribution in [1.29, 1.82) is 0 Å². The molecule has 0 radical (unpaired) electrons. The van der Waals surface area contributed by atoms with Crippen molar-refractivity contribution in [2.75, 3.05) is 5.32 Å². The van der Waals surface area contributed by atoms with Crippen LogP contribution in [0.2, 0.25) is 5.02 Å². The summed E-state index contributed by atoms with van der Waals surface area (Å²) < 4.78 is 5.96. The first-order chi connectivity index (χ1) is 16.1. The Hall–Kier alpha value is -4.16. The van der Waals surface area contributed by atoms with Crippen LogP contribution in [0.4, 0.5) is 5.69 Å². The highest BCUT2D eigenvalue weighted by molar-refractivity contribution is 6.36. The van der Waals surface area contributed by atoms with Crippen LogP contribution in [0.5, 0.6) is 0 Å². The zero-order valence-corrected chi connectivity index (χ0v) is 18.1. The average Bonchev–Trinajstić information content (AvgIpc) is 3.43. The Bertz CT molecular complexity index is 1390. The third-order valence-electron chi connectivity index (χ3n) is 5.24. The molecule has 33 heavy (non-hydrogen) atoms. The Morgan fingerprint density at radius 3 is 2.82 bits per heavy atom. The fraction of sp³-hybridized carbons (Fsp3) is 0.0385. The van der Waals surface area contributed by atoms with Gasteiger partial charge in [0.2, 0.25) is 0 Å². The third-order valence-corrected chi connectivity index (χ3v) is 5.48. The molecule has 0 aliphatic carbocycles. The summed E-state index contributed by atoms with van der Waals surface area (Å²) in [6.07, 6.45) is 3.37. The zero-order chi connectivity index (χ0) is 22.8. The molecular formula is C26H18ClN3O3. The van der Waals surface area contributed by atoms with Crippen molar-refractivity contribution in [3.8, 4) is 11.3 Å². The van der Waals surface area contributed by atoms with Gasteiger partial charge in [-0.1, -0.05) is 29.8 Å². The van der Waals surface area contributed by atoms with Gasteiger partial charge >= 0.3 is 0 Å². The van der Waals surface area contributed by atoms with Crippen LogP contribution in [-0.2, 0) is 11.3 Å². The molecule has 4 aromatic rings. The van der Waals surface area contributed by atoms with E-state index in [1.807, 2.05) is 30.3 Å². The molecule has 2 amide bonds. The van der Waals surface area contributed by atoms with E-state index in [0.717, 1.165) is 16.8 Å². The number of carbonyl (C=O) groups is 2. The normalized spacial score (nSPS) is 13.6. The van der Waals surface area contributed by atoms with E-state index in [9.17, 15) is 9.59 Å². The first-order valence-electron chi connectivity index (χ1n) is 10.3. The largest absolute Gasteiger partial charge is 0.457 e. The number of aromatic nitrogens is 1. The lowest BCUT2D eigenvalue weighted by molar-refractivity contribution is -0.110. The number of anilines is 1. The Balaban J connectivity index is 1.35. The second kappa shape index (κ2) is 8.76. The smallest absolute Gasteiger partial charge is 0.256 e. The Morgan fingerprint density at radius 2 is 1.97 bits per heavy atom. The van der Waals surface area contributed by atoms with E-state index < -0.39 is 0 Å². The number of pyridine rings is 1. The van der Waals surface area contributed by atoms with Gasteiger partial charge in [-0.25, -0.2) is 0 Å². The van der Waals surface area contributed by atoms with Crippen molar-refractivity contribution in [1.82, 2.24) is 10.3 Å². The van der Waals surface area contributed by atoms with Gasteiger partial charge in [-0.3, -0.25) is 14.6 Å². The molecule has 0 bridgehead atoms. The van der Waals surface area contributed by atoms with Crippen molar-refractivity contribution >= 4 is 40.8 Å². The Morgan fingerprint density at radius 1 is 1.06 bits per heavy atom. The Kier molecular flexibility index (Phi) is 5.50. The third kappa shape index (κ3) is 4.42. The van der Waals surface area contributed by atoms with E-state index in [1.54, 1.807) is 54.7 Å². The van der Waals surface area contributed by atoms with E-state index in [-0.39, 0.29) is 11.8 Å². The fourth-order valence-electron chi connectivity index (χ4n) is 3.62. The number of hydrogen-bond donors (Lipinski definition) is 2. The molecule has 2 aromatic carbocycles. The van der Waals surface area contributed by atoms with Crippen LogP contribution in [0.15, 0.2) is 83.4 Å². The minimum absolute atomic E-state index is 0.201. The van der Waals surface area contributed by atoms with Crippen LogP contribution in [-0.4, -0.2) is 16.8 Å². The highest BCUT2D eigenvalue weighted by atomic mass is 35.5. The zero-order valence-electron chi connectivity index (χ0n) is 17.3. The lowest BCUT2D eigenvalue weighted by atomic mass is 10.1. The molecule has 0 atom stereocenters. The summed E-state index contributed by atoms with van der Waals surface area (Å²) in [5.74, 6) is 0.697. The molecule has 5 rings (SSSR count). The molecule has 0 saturated heterocycles. The first kappa shape index (κ1) is 20.7. The predicted octanol–water partition coefficient (Wildman–Crippen LogP) is 5.42. The molecule has 1 aliphatic rings. The fourth-order valence-corrected chi connectivity index (χ4v) is 3.79. The molecule has 162 valence electrons. The van der Waals surface area contributed by atoms with Crippen LogP contribution < -0.4 is 10.6 Å². The monoisotopic (exact) mass is 455 g/mol. The lowest BCUT2D eigenvalue weighted by Gasteiger charge is -2.06. The van der Waals surface area contributed by atoms with Crippen LogP contribution in [0.25, 0.3) is 23.0 Å².